The van der Waals surface area contributed by atoms with E-state index in [4.69, 9.17) is 6.42 Å². The summed E-state index contributed by atoms with van der Waals surface area (Å²) in [7, 11) is 0. The predicted molar refractivity (Wildman–Crippen MR) is 229 cm³/mol. The molecule has 7 atom stereocenters. The molecule has 0 radical (unpaired) electrons. The first-order valence-electron chi connectivity index (χ1n) is 22.0. The van der Waals surface area contributed by atoms with Crippen molar-refractivity contribution in [2.24, 2.45) is 11.3 Å². The van der Waals surface area contributed by atoms with Crippen molar-refractivity contribution < 1.29 is 33.6 Å². The number of hydrogen-bond acceptors (Lipinski definition) is 10. The highest BCUT2D eigenvalue weighted by Crippen LogP contribution is 2.46. The largest absolute Gasteiger partial charge is 0.344 e. The Bertz CT molecular complexity index is 2030. The van der Waals surface area contributed by atoms with Gasteiger partial charge in [-0.1, -0.05) is 89.6 Å². The SMILES string of the molecule is C#CCN1C(=O)[C@H]2CCCN2C12C[C@@H](C(=O)NC(CCC)C(=O)C(=O)N[C@@H](C)c1ccccc1)N(C(=O)[C@@H](NC(=O)[C@@H](NC(=O)c1cnccn1)C1CCCCC1)C(C)(C)C)C2. The molecule has 0 bridgehead atoms. The average Bonchev–Trinajstić information content (AvgIpc) is 3.98. The number of terminal acetylenes is 1. The van der Waals surface area contributed by atoms with Crippen molar-refractivity contribution in [2.75, 3.05) is 19.6 Å². The molecule has 2 aromatic rings. The van der Waals surface area contributed by atoms with Crippen LogP contribution in [0, 0.1) is 23.7 Å². The Hall–Kier alpha value is -5.69. The fraction of sp³-hybridized carbons (Fsp3) is 0.587. The molecule has 6 amide bonds. The second-order valence-corrected chi connectivity index (χ2v) is 18.2. The van der Waals surface area contributed by atoms with E-state index in [1.165, 1.54) is 23.5 Å². The highest BCUT2D eigenvalue weighted by molar-refractivity contribution is 6.38. The van der Waals surface area contributed by atoms with Crippen LogP contribution in [0.15, 0.2) is 48.9 Å². The second kappa shape index (κ2) is 19.6. The van der Waals surface area contributed by atoms with Gasteiger partial charge in [-0.2, -0.15) is 0 Å². The van der Waals surface area contributed by atoms with Crippen LogP contribution in [-0.2, 0) is 28.8 Å². The van der Waals surface area contributed by atoms with Crippen molar-refractivity contribution in [3.8, 4) is 12.3 Å². The zero-order valence-electron chi connectivity index (χ0n) is 36.5. The smallest absolute Gasteiger partial charge is 0.290 e. The Morgan fingerprint density at radius 2 is 1.68 bits per heavy atom. The van der Waals surface area contributed by atoms with E-state index in [0.717, 1.165) is 31.2 Å². The van der Waals surface area contributed by atoms with Crippen molar-refractivity contribution >= 4 is 41.2 Å². The number of carbonyl (C=O) groups excluding carboxylic acids is 7. The lowest BCUT2D eigenvalue weighted by Gasteiger charge is -2.40. The number of ketones is 1. The number of benzene rings is 1. The number of nitrogens with one attached hydrogen (secondary N) is 4. The van der Waals surface area contributed by atoms with Crippen LogP contribution < -0.4 is 21.3 Å². The van der Waals surface area contributed by atoms with Gasteiger partial charge in [-0.05, 0) is 55.9 Å². The lowest BCUT2D eigenvalue weighted by atomic mass is 9.82. The van der Waals surface area contributed by atoms with Gasteiger partial charge in [0.25, 0.3) is 11.8 Å². The van der Waals surface area contributed by atoms with Crippen molar-refractivity contribution in [1.82, 2.24) is 45.9 Å². The number of nitrogens with zero attached hydrogens (tertiary/aromatic N) is 5. The van der Waals surface area contributed by atoms with Gasteiger partial charge in [0.15, 0.2) is 0 Å². The molecule has 332 valence electrons. The van der Waals surface area contributed by atoms with E-state index in [-0.39, 0.29) is 43.5 Å². The number of likely N-dealkylation sites (tertiary alicyclic amines) is 1. The fourth-order valence-electron chi connectivity index (χ4n) is 9.73. The number of fused-ring (bicyclic) bond motifs is 2. The Morgan fingerprint density at radius 3 is 2.32 bits per heavy atom. The zero-order valence-corrected chi connectivity index (χ0v) is 36.5. The third-order valence-corrected chi connectivity index (χ3v) is 13.0. The highest BCUT2D eigenvalue weighted by atomic mass is 16.2. The average molecular weight is 852 g/mol. The Labute approximate surface area is 364 Å². The minimum Gasteiger partial charge on any atom is -0.344 e. The molecular formula is C46H61N9O7. The summed E-state index contributed by atoms with van der Waals surface area (Å²) < 4.78 is 0. The van der Waals surface area contributed by atoms with Gasteiger partial charge in [-0.3, -0.25) is 43.4 Å². The van der Waals surface area contributed by atoms with Gasteiger partial charge in [0.05, 0.1) is 37.4 Å². The first-order chi connectivity index (χ1) is 29.6. The van der Waals surface area contributed by atoms with Crippen molar-refractivity contribution in [3.63, 3.8) is 0 Å². The van der Waals surface area contributed by atoms with Crippen molar-refractivity contribution in [2.45, 2.75) is 141 Å². The van der Waals surface area contributed by atoms with Gasteiger partial charge in [0.2, 0.25) is 29.4 Å². The van der Waals surface area contributed by atoms with Crippen LogP contribution in [0.5, 0.6) is 0 Å². The third kappa shape index (κ3) is 9.67. The maximum absolute atomic E-state index is 15.3. The molecule has 4 heterocycles. The van der Waals surface area contributed by atoms with Crippen LogP contribution in [0.1, 0.15) is 121 Å². The van der Waals surface area contributed by atoms with Crippen molar-refractivity contribution in [1.29, 1.82) is 0 Å². The molecule has 3 saturated heterocycles. The van der Waals surface area contributed by atoms with E-state index in [9.17, 15) is 28.8 Å². The maximum atomic E-state index is 15.3. The van der Waals surface area contributed by atoms with E-state index in [2.05, 4.69) is 37.2 Å². The summed E-state index contributed by atoms with van der Waals surface area (Å²) in [5, 5.41) is 11.5. The topological polar surface area (TPSA) is 203 Å². The second-order valence-electron chi connectivity index (χ2n) is 18.2. The quantitative estimate of drug-likeness (QED) is 0.153. The summed E-state index contributed by atoms with van der Waals surface area (Å²) in [5.74, 6) is -1.82. The predicted octanol–water partition coefficient (Wildman–Crippen LogP) is 2.65. The number of aromatic nitrogens is 2. The summed E-state index contributed by atoms with van der Waals surface area (Å²) in [5.41, 5.74) is -1.20. The van der Waals surface area contributed by atoms with Crippen LogP contribution in [0.3, 0.4) is 0 Å². The van der Waals surface area contributed by atoms with Crippen LogP contribution in [0.4, 0.5) is 0 Å². The molecule has 2 unspecified atom stereocenters. The monoisotopic (exact) mass is 851 g/mol. The van der Waals surface area contributed by atoms with Gasteiger partial charge in [0, 0.05) is 25.4 Å². The first-order valence-corrected chi connectivity index (χ1v) is 22.0. The molecule has 6 rings (SSSR count). The molecule has 4 aliphatic rings. The van der Waals surface area contributed by atoms with Crippen LogP contribution in [0.25, 0.3) is 0 Å². The van der Waals surface area contributed by atoms with E-state index >= 15 is 4.79 Å². The highest BCUT2D eigenvalue weighted by Gasteiger charge is 2.64. The molecule has 1 aromatic carbocycles. The lowest BCUT2D eigenvalue weighted by Crippen LogP contribution is -2.62. The lowest BCUT2D eigenvalue weighted by molar-refractivity contribution is -0.145. The van der Waals surface area contributed by atoms with E-state index in [0.29, 0.717) is 32.2 Å². The Kier molecular flexibility index (Phi) is 14.5. The number of rotatable bonds is 15. The standard InChI is InChI=1S/C46H61N9O7/c1-7-16-32(37(56)42(60)49-29(3)30-17-11-9-12-18-30)50-40(58)35-26-46(54-25-15-21-34(54)43(61)55(46)24-8-2)28-53(35)44(62)38(45(4,5)6)52-41(59)36(31-19-13-10-14-20-31)51-39(57)33-27-47-22-23-48-33/h2,9,11-12,17-18,22-23,27,29,31-32,34-36,38H,7,10,13-16,19-21,24-26,28H2,1,3-6H3,(H,49,60)(H,50,58)(H,51,57)(H,52,59)/t29-,32?,34+,35-,36-,38+,46?/m0/s1. The molecule has 1 aliphatic carbocycles. The maximum Gasteiger partial charge on any atom is 0.290 e. The van der Waals surface area contributed by atoms with Gasteiger partial charge in [-0.15, -0.1) is 6.42 Å². The minimum absolute atomic E-state index is 0.0115. The first kappa shape index (κ1) is 45.8. The molecule has 62 heavy (non-hydrogen) atoms. The van der Waals surface area contributed by atoms with E-state index in [1.54, 1.807) is 32.6 Å². The number of carbonyl (C=O) groups is 7. The summed E-state index contributed by atoms with van der Waals surface area (Å²) >= 11 is 0. The third-order valence-electron chi connectivity index (χ3n) is 13.0. The molecule has 1 aromatic heterocycles. The Morgan fingerprint density at radius 1 is 0.952 bits per heavy atom. The van der Waals surface area contributed by atoms with Gasteiger partial charge in [0.1, 0.15) is 29.5 Å². The molecule has 16 heteroatoms. The van der Waals surface area contributed by atoms with Gasteiger partial charge in [-0.25, -0.2) is 4.98 Å². The number of Topliss-reactive ketones (excluding diaryl/α,β-unsaturated/α-hetero) is 1. The van der Waals surface area contributed by atoms with Gasteiger partial charge >= 0.3 is 0 Å². The molecule has 16 nitrogen and oxygen atoms in total. The summed E-state index contributed by atoms with van der Waals surface area (Å²) in [4.78, 5) is 112. The van der Waals surface area contributed by atoms with E-state index in [1.807, 2.05) is 42.2 Å². The molecular weight excluding hydrogens is 791 g/mol. The van der Waals surface area contributed by atoms with Gasteiger partial charge < -0.3 is 31.1 Å². The molecule has 4 fully saturated rings. The fourth-order valence-corrected chi connectivity index (χ4v) is 9.73. The van der Waals surface area contributed by atoms with Crippen molar-refractivity contribution in [3.05, 3.63) is 60.2 Å². The molecule has 1 saturated carbocycles. The molecule has 3 aliphatic heterocycles. The number of amides is 6. The van der Waals surface area contributed by atoms with E-state index < -0.39 is 82.6 Å². The molecule has 1 spiro atoms. The Balaban J connectivity index is 1.31. The number of hydrogen-bond donors (Lipinski definition) is 4. The van der Waals surface area contributed by atoms with Crippen LogP contribution >= 0.6 is 0 Å². The van der Waals surface area contributed by atoms with Crippen LogP contribution in [0.2, 0.25) is 0 Å². The summed E-state index contributed by atoms with van der Waals surface area (Å²) in [6, 6.07) is 3.61. The molecule has 4 N–H and O–H groups in total. The summed E-state index contributed by atoms with van der Waals surface area (Å²) in [6.07, 6.45) is 16.1. The zero-order chi connectivity index (χ0) is 44.8. The minimum atomic E-state index is -1.22. The normalized spacial score (nSPS) is 23.5. The summed E-state index contributed by atoms with van der Waals surface area (Å²) in [6.45, 7) is 9.40. The van der Waals surface area contributed by atoms with Crippen LogP contribution in [-0.4, -0.2) is 121 Å².